The molecule has 1 aliphatic heterocycles. The Bertz CT molecular complexity index is 331. The molecule has 2 rings (SSSR count). The van der Waals surface area contributed by atoms with Gasteiger partial charge in [-0.25, -0.2) is 8.57 Å². The molecular formula is C9H14N2OS. The van der Waals surface area contributed by atoms with Crippen molar-refractivity contribution in [1.82, 2.24) is 0 Å². The molecule has 1 heterocycles. The van der Waals surface area contributed by atoms with Crippen molar-refractivity contribution in [3.63, 3.8) is 0 Å². The van der Waals surface area contributed by atoms with Gasteiger partial charge >= 0.3 is 0 Å². The highest BCUT2D eigenvalue weighted by atomic mass is 32.2. The van der Waals surface area contributed by atoms with Gasteiger partial charge in [-0.05, 0) is 25.7 Å². The highest BCUT2D eigenvalue weighted by molar-refractivity contribution is 7.93. The summed E-state index contributed by atoms with van der Waals surface area (Å²) in [4.78, 5) is 0. The van der Waals surface area contributed by atoms with Crippen molar-refractivity contribution >= 4 is 9.73 Å². The van der Waals surface area contributed by atoms with Gasteiger partial charge in [0.1, 0.15) is 0 Å². The summed E-state index contributed by atoms with van der Waals surface area (Å²) in [6.45, 7) is 0. The topological polar surface area (TPSA) is 53.2 Å². The van der Waals surface area contributed by atoms with Crippen LogP contribution >= 0.6 is 0 Å². The summed E-state index contributed by atoms with van der Waals surface area (Å²) in [7, 11) is -1.90. The smallest absolute Gasteiger partial charge is 0.0656 e. The molecule has 0 unspecified atom stereocenters. The number of nitrogens with zero attached hydrogens (tertiary/aromatic N) is 2. The maximum absolute atomic E-state index is 12.0. The standard InChI is InChI=1S/C9H14N2OS/c10-7-8-3-5-13(12,6-4-8)11-9-1-2-9/h8-9H,1-6H2. The molecule has 0 spiro atoms. The second kappa shape index (κ2) is 3.30. The van der Waals surface area contributed by atoms with E-state index in [1.807, 2.05) is 0 Å². The van der Waals surface area contributed by atoms with E-state index in [4.69, 9.17) is 5.26 Å². The lowest BCUT2D eigenvalue weighted by molar-refractivity contribution is 0.582. The van der Waals surface area contributed by atoms with Gasteiger partial charge in [-0.3, -0.25) is 0 Å². The Morgan fingerprint density at radius 1 is 1.23 bits per heavy atom. The zero-order valence-electron chi connectivity index (χ0n) is 7.61. The highest BCUT2D eigenvalue weighted by Gasteiger charge is 2.27. The van der Waals surface area contributed by atoms with Crippen molar-refractivity contribution in [2.24, 2.45) is 10.3 Å². The minimum Gasteiger partial charge on any atom is -0.250 e. The van der Waals surface area contributed by atoms with Gasteiger partial charge in [-0.1, -0.05) is 0 Å². The lowest BCUT2D eigenvalue weighted by Crippen LogP contribution is -2.22. The molecule has 0 aromatic heterocycles. The van der Waals surface area contributed by atoms with Crippen LogP contribution in [0.2, 0.25) is 0 Å². The van der Waals surface area contributed by atoms with Gasteiger partial charge in [0.15, 0.2) is 0 Å². The van der Waals surface area contributed by atoms with Crippen molar-refractivity contribution < 1.29 is 4.21 Å². The maximum Gasteiger partial charge on any atom is 0.0656 e. The highest BCUT2D eigenvalue weighted by Crippen LogP contribution is 2.28. The van der Waals surface area contributed by atoms with E-state index in [1.165, 1.54) is 0 Å². The van der Waals surface area contributed by atoms with Crippen molar-refractivity contribution in [1.29, 1.82) is 5.26 Å². The summed E-state index contributed by atoms with van der Waals surface area (Å²) < 4.78 is 16.4. The Morgan fingerprint density at radius 3 is 2.31 bits per heavy atom. The third-order valence-corrected chi connectivity index (χ3v) is 5.07. The van der Waals surface area contributed by atoms with Gasteiger partial charge in [-0.15, -0.1) is 0 Å². The quantitative estimate of drug-likeness (QED) is 0.642. The maximum atomic E-state index is 12.0. The zero-order valence-corrected chi connectivity index (χ0v) is 8.42. The van der Waals surface area contributed by atoms with Crippen molar-refractivity contribution in [3.05, 3.63) is 0 Å². The van der Waals surface area contributed by atoms with Crippen LogP contribution in [0.5, 0.6) is 0 Å². The van der Waals surface area contributed by atoms with Crippen LogP contribution in [0.4, 0.5) is 0 Å². The molecule has 4 heteroatoms. The fraction of sp³-hybridized carbons (Fsp3) is 0.889. The molecule has 0 bridgehead atoms. The molecule has 0 atom stereocenters. The molecule has 1 saturated carbocycles. The Morgan fingerprint density at radius 2 is 1.85 bits per heavy atom. The van der Waals surface area contributed by atoms with Crippen LogP contribution in [-0.4, -0.2) is 21.8 Å². The van der Waals surface area contributed by atoms with E-state index in [-0.39, 0.29) is 5.92 Å². The first-order valence-corrected chi connectivity index (χ1v) is 6.68. The first-order chi connectivity index (χ1) is 6.22. The minimum absolute atomic E-state index is 0.129. The first kappa shape index (κ1) is 9.01. The van der Waals surface area contributed by atoms with Crippen molar-refractivity contribution in [2.45, 2.75) is 31.7 Å². The normalized spacial score (nSPS) is 39.5. The van der Waals surface area contributed by atoms with E-state index < -0.39 is 9.73 Å². The lowest BCUT2D eigenvalue weighted by atomic mass is 10.1. The minimum atomic E-state index is -1.90. The van der Waals surface area contributed by atoms with Gasteiger partial charge in [-0.2, -0.15) is 5.26 Å². The van der Waals surface area contributed by atoms with Crippen LogP contribution in [-0.2, 0) is 9.73 Å². The van der Waals surface area contributed by atoms with Gasteiger partial charge < -0.3 is 0 Å². The summed E-state index contributed by atoms with van der Waals surface area (Å²) in [6, 6.07) is 2.64. The molecule has 0 radical (unpaired) electrons. The first-order valence-electron chi connectivity index (χ1n) is 4.83. The molecule has 1 aliphatic carbocycles. The van der Waals surface area contributed by atoms with E-state index >= 15 is 0 Å². The molecule has 2 aliphatic rings. The van der Waals surface area contributed by atoms with Crippen LogP contribution in [0.3, 0.4) is 0 Å². The van der Waals surface area contributed by atoms with Gasteiger partial charge in [0.2, 0.25) is 0 Å². The van der Waals surface area contributed by atoms with Crippen LogP contribution < -0.4 is 0 Å². The molecule has 2 fully saturated rings. The zero-order chi connectivity index (χ0) is 9.31. The fourth-order valence-corrected chi connectivity index (χ4v) is 4.06. The van der Waals surface area contributed by atoms with E-state index in [0.717, 1.165) is 25.7 Å². The predicted octanol–water partition coefficient (Wildman–Crippen LogP) is 1.55. The largest absolute Gasteiger partial charge is 0.250 e. The van der Waals surface area contributed by atoms with Gasteiger partial charge in [0, 0.05) is 27.2 Å². The van der Waals surface area contributed by atoms with Crippen LogP contribution in [0.1, 0.15) is 25.7 Å². The summed E-state index contributed by atoms with van der Waals surface area (Å²) in [6.07, 6.45) is 3.81. The number of rotatable bonds is 1. The second-order valence-corrected chi connectivity index (χ2v) is 6.49. The Kier molecular flexibility index (Phi) is 2.29. The number of nitriles is 1. The summed E-state index contributed by atoms with van der Waals surface area (Å²) in [5, 5.41) is 8.68. The van der Waals surface area contributed by atoms with E-state index in [1.54, 1.807) is 0 Å². The number of hydrogen-bond acceptors (Lipinski definition) is 3. The SMILES string of the molecule is N#CC1CCS(=O)(=NC2CC2)CC1. The molecule has 72 valence electrons. The van der Waals surface area contributed by atoms with Crippen LogP contribution in [0.15, 0.2) is 4.36 Å². The summed E-state index contributed by atoms with van der Waals surface area (Å²) in [5.41, 5.74) is 0. The van der Waals surface area contributed by atoms with E-state index in [2.05, 4.69) is 10.4 Å². The van der Waals surface area contributed by atoms with Crippen molar-refractivity contribution in [3.8, 4) is 6.07 Å². The van der Waals surface area contributed by atoms with Crippen LogP contribution in [0.25, 0.3) is 0 Å². The van der Waals surface area contributed by atoms with Crippen molar-refractivity contribution in [2.75, 3.05) is 11.5 Å². The molecule has 13 heavy (non-hydrogen) atoms. The Labute approximate surface area is 79.3 Å². The van der Waals surface area contributed by atoms with Crippen LogP contribution in [0, 0.1) is 17.2 Å². The van der Waals surface area contributed by atoms with Gasteiger partial charge in [0.05, 0.1) is 12.1 Å². The van der Waals surface area contributed by atoms with Gasteiger partial charge in [0.25, 0.3) is 0 Å². The summed E-state index contributed by atoms with van der Waals surface area (Å²) in [5.74, 6) is 1.44. The lowest BCUT2D eigenvalue weighted by Gasteiger charge is -2.19. The average Bonchev–Trinajstić information content (AvgIpc) is 2.89. The molecule has 0 aromatic rings. The molecule has 0 N–H and O–H groups in total. The molecule has 1 saturated heterocycles. The third kappa shape index (κ3) is 2.22. The molecule has 3 nitrogen and oxygen atoms in total. The van der Waals surface area contributed by atoms with E-state index in [9.17, 15) is 4.21 Å². The summed E-state index contributed by atoms with van der Waals surface area (Å²) >= 11 is 0. The Hall–Kier alpha value is -0.560. The predicted molar refractivity (Wildman–Crippen MR) is 51.7 cm³/mol. The Balaban J connectivity index is 2.04. The number of hydrogen-bond donors (Lipinski definition) is 0. The molecule has 0 aromatic carbocycles. The second-order valence-electron chi connectivity index (χ2n) is 3.92. The fourth-order valence-electron chi connectivity index (χ4n) is 1.59. The molecular weight excluding hydrogens is 184 g/mol. The monoisotopic (exact) mass is 198 g/mol. The third-order valence-electron chi connectivity index (χ3n) is 2.64. The average molecular weight is 198 g/mol. The molecule has 0 amide bonds. The van der Waals surface area contributed by atoms with E-state index in [0.29, 0.717) is 17.5 Å².